The van der Waals surface area contributed by atoms with E-state index in [2.05, 4.69) is 17.1 Å². The van der Waals surface area contributed by atoms with Crippen LogP contribution in [0.15, 0.2) is 60.9 Å². The minimum atomic E-state index is -0.359. The maximum atomic E-state index is 11.4. The van der Waals surface area contributed by atoms with Gasteiger partial charge in [0.2, 0.25) is 0 Å². The highest BCUT2D eigenvalue weighted by Gasteiger charge is 2.30. The summed E-state index contributed by atoms with van der Waals surface area (Å²) in [5.74, 6) is 0. The van der Waals surface area contributed by atoms with E-state index in [1.807, 2.05) is 24.4 Å². The van der Waals surface area contributed by atoms with Gasteiger partial charge in [-0.05, 0) is 60.1 Å². The predicted octanol–water partition coefficient (Wildman–Crippen LogP) is 4.98. The van der Waals surface area contributed by atoms with Crippen molar-refractivity contribution in [2.45, 2.75) is 25.7 Å². The summed E-state index contributed by atoms with van der Waals surface area (Å²) < 4.78 is 0. The monoisotopic (exact) mass is 406 g/mol. The Kier molecular flexibility index (Phi) is 3.93. The van der Waals surface area contributed by atoms with E-state index in [9.17, 15) is 10.1 Å². The number of fused-ring (bicyclic) bond motifs is 7. The Labute approximate surface area is 178 Å². The van der Waals surface area contributed by atoms with Gasteiger partial charge in [0.1, 0.15) is 0 Å². The molecule has 6 nitrogen and oxygen atoms in total. The van der Waals surface area contributed by atoms with Crippen LogP contribution in [0.3, 0.4) is 0 Å². The van der Waals surface area contributed by atoms with E-state index < -0.39 is 0 Å². The first-order valence-corrected chi connectivity index (χ1v) is 10.4. The number of nitro groups is 1. The smallest absolute Gasteiger partial charge is 0.258 e. The highest BCUT2D eigenvalue weighted by Crippen LogP contribution is 2.45. The molecule has 6 heteroatoms. The molecule has 0 spiro atoms. The maximum absolute atomic E-state index is 11.4. The van der Waals surface area contributed by atoms with E-state index >= 15 is 0 Å². The summed E-state index contributed by atoms with van der Waals surface area (Å²) in [5.41, 5.74) is 10.3. The minimum absolute atomic E-state index is 0.0682. The minimum Gasteiger partial charge on any atom is -0.258 e. The lowest BCUT2D eigenvalue weighted by molar-refractivity contribution is -0.384. The zero-order valence-electron chi connectivity index (χ0n) is 16.7. The molecule has 0 radical (unpaired) electrons. The first kappa shape index (κ1) is 17.9. The van der Waals surface area contributed by atoms with Crippen molar-refractivity contribution in [2.24, 2.45) is 0 Å². The summed E-state index contributed by atoms with van der Waals surface area (Å²) in [6.45, 7) is 0. The molecule has 3 aromatic heterocycles. The molecule has 0 fully saturated rings. The number of benzene rings is 1. The lowest BCUT2D eigenvalue weighted by Crippen LogP contribution is -2.16. The van der Waals surface area contributed by atoms with Gasteiger partial charge in [-0.25, -0.2) is 4.98 Å². The molecular formula is C25H18N4O2. The largest absolute Gasteiger partial charge is 0.270 e. The van der Waals surface area contributed by atoms with Gasteiger partial charge in [-0.1, -0.05) is 24.3 Å². The number of hydrogen-bond acceptors (Lipinski definition) is 5. The lowest BCUT2D eigenvalue weighted by atomic mass is 9.79. The maximum Gasteiger partial charge on any atom is 0.270 e. The predicted molar refractivity (Wildman–Crippen MR) is 118 cm³/mol. The molecule has 1 aromatic carbocycles. The highest BCUT2D eigenvalue weighted by atomic mass is 16.6. The van der Waals surface area contributed by atoms with Crippen molar-refractivity contribution in [3.8, 4) is 33.9 Å². The fourth-order valence-electron chi connectivity index (χ4n) is 4.88. The number of non-ortho nitro benzene ring substituents is 1. The van der Waals surface area contributed by atoms with Gasteiger partial charge >= 0.3 is 0 Å². The van der Waals surface area contributed by atoms with Gasteiger partial charge in [-0.3, -0.25) is 20.1 Å². The van der Waals surface area contributed by atoms with Gasteiger partial charge in [0.25, 0.3) is 5.69 Å². The first-order valence-electron chi connectivity index (χ1n) is 10.4. The van der Waals surface area contributed by atoms with E-state index in [1.165, 1.54) is 22.8 Å². The molecule has 3 heterocycles. The second-order valence-electron chi connectivity index (χ2n) is 7.97. The van der Waals surface area contributed by atoms with Crippen molar-refractivity contribution in [3.63, 3.8) is 0 Å². The van der Waals surface area contributed by atoms with Crippen LogP contribution in [0.2, 0.25) is 0 Å². The zero-order chi connectivity index (χ0) is 20.9. The molecule has 0 aliphatic heterocycles. The van der Waals surface area contributed by atoms with Gasteiger partial charge in [0.15, 0.2) is 0 Å². The number of aromatic nitrogens is 3. The molecular weight excluding hydrogens is 388 g/mol. The molecule has 0 atom stereocenters. The Hall–Kier alpha value is -3.93. The number of rotatable bonds is 2. The molecule has 4 aromatic rings. The van der Waals surface area contributed by atoms with Crippen molar-refractivity contribution in [3.05, 3.63) is 93.3 Å². The van der Waals surface area contributed by atoms with Crippen molar-refractivity contribution >= 4 is 5.69 Å². The van der Waals surface area contributed by atoms with Gasteiger partial charge in [0, 0.05) is 35.7 Å². The summed E-state index contributed by atoms with van der Waals surface area (Å²) in [5, 5.41) is 11.4. The molecule has 0 unspecified atom stereocenters. The quantitative estimate of drug-likeness (QED) is 0.346. The third-order valence-corrected chi connectivity index (χ3v) is 6.26. The van der Waals surface area contributed by atoms with Crippen LogP contribution in [0.25, 0.3) is 33.9 Å². The summed E-state index contributed by atoms with van der Waals surface area (Å²) >= 11 is 0. The van der Waals surface area contributed by atoms with Gasteiger partial charge < -0.3 is 0 Å². The van der Waals surface area contributed by atoms with E-state index in [0.29, 0.717) is 0 Å². The highest BCUT2D eigenvalue weighted by molar-refractivity contribution is 5.86. The molecule has 6 rings (SSSR count). The Morgan fingerprint density at radius 1 is 0.742 bits per heavy atom. The fourth-order valence-corrected chi connectivity index (χ4v) is 4.88. The summed E-state index contributed by atoms with van der Waals surface area (Å²) in [4.78, 5) is 25.5. The van der Waals surface area contributed by atoms with E-state index in [0.717, 1.165) is 65.1 Å². The third kappa shape index (κ3) is 2.75. The Balaban J connectivity index is 1.70. The second-order valence-corrected chi connectivity index (χ2v) is 7.97. The molecule has 0 saturated heterocycles. The van der Waals surface area contributed by atoms with Crippen LogP contribution in [0.4, 0.5) is 5.69 Å². The van der Waals surface area contributed by atoms with Crippen molar-refractivity contribution < 1.29 is 4.92 Å². The topological polar surface area (TPSA) is 81.8 Å². The summed E-state index contributed by atoms with van der Waals surface area (Å²) in [6.07, 6.45) is 7.16. The second kappa shape index (κ2) is 6.80. The van der Waals surface area contributed by atoms with Crippen molar-refractivity contribution in [1.82, 2.24) is 15.0 Å². The molecule has 150 valence electrons. The van der Waals surface area contributed by atoms with Crippen molar-refractivity contribution in [2.75, 3.05) is 0 Å². The standard InChI is InChI=1S/C25H18N4O2/c30-29(31)18-7-1-4-17(14-18)22-19-10-8-15-5-2-12-26-23(15)21(19)20-11-9-16-6-3-13-27-24(16)25(20)28-22/h1-7,12-14H,8-11H2. The van der Waals surface area contributed by atoms with E-state index in [4.69, 9.17) is 9.97 Å². The number of pyridine rings is 3. The molecule has 2 aliphatic rings. The van der Waals surface area contributed by atoms with Crippen LogP contribution >= 0.6 is 0 Å². The molecule has 0 saturated carbocycles. The summed E-state index contributed by atoms with van der Waals surface area (Å²) in [7, 11) is 0. The molecule has 0 amide bonds. The van der Waals surface area contributed by atoms with Crippen LogP contribution in [-0.4, -0.2) is 19.9 Å². The van der Waals surface area contributed by atoms with E-state index in [-0.39, 0.29) is 10.6 Å². The third-order valence-electron chi connectivity index (χ3n) is 6.26. The van der Waals surface area contributed by atoms with E-state index in [1.54, 1.807) is 18.3 Å². The average molecular weight is 406 g/mol. The average Bonchev–Trinajstić information content (AvgIpc) is 2.83. The lowest BCUT2D eigenvalue weighted by Gasteiger charge is -2.28. The van der Waals surface area contributed by atoms with Crippen LogP contribution in [-0.2, 0) is 25.7 Å². The Bertz CT molecular complexity index is 1380. The normalized spacial score (nSPS) is 13.5. The zero-order valence-corrected chi connectivity index (χ0v) is 16.7. The van der Waals surface area contributed by atoms with Gasteiger partial charge in [-0.2, -0.15) is 0 Å². The van der Waals surface area contributed by atoms with Crippen LogP contribution < -0.4 is 0 Å². The molecule has 31 heavy (non-hydrogen) atoms. The summed E-state index contributed by atoms with van der Waals surface area (Å²) in [6, 6.07) is 14.9. The Morgan fingerprint density at radius 3 is 2.16 bits per heavy atom. The molecule has 0 N–H and O–H groups in total. The molecule has 2 aliphatic carbocycles. The Morgan fingerprint density at radius 2 is 1.42 bits per heavy atom. The van der Waals surface area contributed by atoms with Crippen LogP contribution in [0.5, 0.6) is 0 Å². The van der Waals surface area contributed by atoms with Gasteiger partial charge in [-0.15, -0.1) is 0 Å². The van der Waals surface area contributed by atoms with Crippen molar-refractivity contribution in [1.29, 1.82) is 0 Å². The number of hydrogen-bond donors (Lipinski definition) is 0. The first-order chi connectivity index (χ1) is 15.2. The fraction of sp³-hybridized carbons (Fsp3) is 0.160. The SMILES string of the molecule is O=[N+]([O-])c1cccc(-c2nc3c(c4c2CCc2cccnc2-4)CCc2cccnc2-3)c1. The van der Waals surface area contributed by atoms with Crippen LogP contribution in [0.1, 0.15) is 22.3 Å². The van der Waals surface area contributed by atoms with Gasteiger partial charge in [0.05, 0.1) is 27.7 Å². The number of nitro benzene ring substituents is 1. The molecule has 0 bridgehead atoms. The van der Waals surface area contributed by atoms with Crippen LogP contribution in [0, 0.1) is 10.1 Å². The number of nitrogens with zero attached hydrogens (tertiary/aromatic N) is 4. The number of aryl methyl sites for hydroxylation is 2.